The van der Waals surface area contributed by atoms with Crippen LogP contribution in [0, 0.1) is 0 Å². The van der Waals surface area contributed by atoms with E-state index >= 15 is 0 Å². The van der Waals surface area contributed by atoms with Gasteiger partial charge in [0.1, 0.15) is 5.75 Å². The van der Waals surface area contributed by atoms with Crippen LogP contribution >= 0.6 is 0 Å². The van der Waals surface area contributed by atoms with Crippen LogP contribution < -0.4 is 10.5 Å². The summed E-state index contributed by atoms with van der Waals surface area (Å²) in [6, 6.07) is 16.3. The minimum Gasteiger partial charge on any atom is -0.493 e. The number of pyridine rings is 1. The largest absolute Gasteiger partial charge is 0.493 e. The van der Waals surface area contributed by atoms with Gasteiger partial charge in [0.05, 0.1) is 18.2 Å². The number of aromatic nitrogens is 1. The van der Waals surface area contributed by atoms with Crippen molar-refractivity contribution in [1.82, 2.24) is 4.98 Å². The summed E-state index contributed by atoms with van der Waals surface area (Å²) in [4.78, 5) is 4.50. The van der Waals surface area contributed by atoms with E-state index in [9.17, 15) is 0 Å². The van der Waals surface area contributed by atoms with Crippen LogP contribution in [0.4, 0.5) is 0 Å². The van der Waals surface area contributed by atoms with Crippen molar-refractivity contribution in [3.05, 3.63) is 71.4 Å². The Hall–Kier alpha value is -2.39. The lowest BCUT2D eigenvalue weighted by Crippen LogP contribution is -2.12. The first-order chi connectivity index (χ1) is 10.3. The number of fused-ring (bicyclic) bond motifs is 2. The monoisotopic (exact) mass is 276 g/mol. The van der Waals surface area contributed by atoms with Crippen LogP contribution in [0.2, 0.25) is 0 Å². The van der Waals surface area contributed by atoms with E-state index in [1.807, 2.05) is 36.5 Å². The molecule has 1 aromatic heterocycles. The predicted octanol–water partition coefficient (Wildman–Crippen LogP) is 3.22. The van der Waals surface area contributed by atoms with E-state index in [0.717, 1.165) is 40.8 Å². The third-order valence-corrected chi connectivity index (χ3v) is 4.04. The van der Waals surface area contributed by atoms with Crippen molar-refractivity contribution in [2.75, 3.05) is 6.61 Å². The number of para-hydroxylation sites is 1. The molecule has 2 heterocycles. The molecule has 3 aromatic rings. The highest BCUT2D eigenvalue weighted by atomic mass is 16.5. The van der Waals surface area contributed by atoms with Gasteiger partial charge in [-0.3, -0.25) is 4.98 Å². The number of benzene rings is 2. The van der Waals surface area contributed by atoms with Crippen LogP contribution in [0.5, 0.6) is 5.75 Å². The van der Waals surface area contributed by atoms with Crippen molar-refractivity contribution in [1.29, 1.82) is 0 Å². The first kappa shape index (κ1) is 12.4. The van der Waals surface area contributed by atoms with Crippen molar-refractivity contribution < 1.29 is 4.74 Å². The van der Waals surface area contributed by atoms with Crippen LogP contribution in [0.15, 0.2) is 54.7 Å². The predicted molar refractivity (Wildman–Crippen MR) is 83.4 cm³/mol. The molecule has 1 aliphatic rings. The molecule has 1 unspecified atom stereocenters. The van der Waals surface area contributed by atoms with Crippen molar-refractivity contribution in [2.45, 2.75) is 12.5 Å². The molecule has 0 saturated heterocycles. The van der Waals surface area contributed by atoms with Gasteiger partial charge in [-0.25, -0.2) is 0 Å². The molecule has 3 nitrogen and oxygen atoms in total. The van der Waals surface area contributed by atoms with Gasteiger partial charge in [0.25, 0.3) is 0 Å². The fourth-order valence-electron chi connectivity index (χ4n) is 2.85. The maximum Gasteiger partial charge on any atom is 0.122 e. The summed E-state index contributed by atoms with van der Waals surface area (Å²) >= 11 is 0. The van der Waals surface area contributed by atoms with Gasteiger partial charge in [-0.2, -0.15) is 0 Å². The van der Waals surface area contributed by atoms with Crippen LogP contribution in [-0.4, -0.2) is 11.6 Å². The molecule has 0 amide bonds. The van der Waals surface area contributed by atoms with Crippen LogP contribution in [0.3, 0.4) is 0 Å². The van der Waals surface area contributed by atoms with Crippen molar-refractivity contribution >= 4 is 10.9 Å². The number of hydrogen-bond acceptors (Lipinski definition) is 3. The smallest absolute Gasteiger partial charge is 0.122 e. The second-order valence-electron chi connectivity index (χ2n) is 5.40. The third kappa shape index (κ3) is 2.16. The van der Waals surface area contributed by atoms with Crippen LogP contribution in [0.25, 0.3) is 10.9 Å². The number of nitrogens with zero attached hydrogens (tertiary/aromatic N) is 1. The van der Waals surface area contributed by atoms with E-state index in [4.69, 9.17) is 10.5 Å². The van der Waals surface area contributed by atoms with Crippen molar-refractivity contribution in [2.24, 2.45) is 5.73 Å². The standard InChI is InChI=1S/C18H16N2O/c19-18(14-5-6-17-13(10-14)7-8-21-17)15-9-12-3-1-2-4-16(12)20-11-15/h1-6,9-11,18H,7-8,19H2. The zero-order valence-electron chi connectivity index (χ0n) is 11.6. The van der Waals surface area contributed by atoms with Crippen molar-refractivity contribution in [3.63, 3.8) is 0 Å². The minimum absolute atomic E-state index is 0.159. The topological polar surface area (TPSA) is 48.1 Å². The second-order valence-corrected chi connectivity index (χ2v) is 5.40. The third-order valence-electron chi connectivity index (χ3n) is 4.04. The Labute approximate surface area is 123 Å². The fourth-order valence-corrected chi connectivity index (χ4v) is 2.85. The molecule has 0 bridgehead atoms. The molecule has 0 saturated carbocycles. The summed E-state index contributed by atoms with van der Waals surface area (Å²) in [5, 5.41) is 1.12. The normalized spacial score (nSPS) is 14.7. The molecule has 2 N–H and O–H groups in total. The van der Waals surface area contributed by atoms with Crippen molar-refractivity contribution in [3.8, 4) is 5.75 Å². The van der Waals surface area contributed by atoms with Gasteiger partial charge in [0.15, 0.2) is 0 Å². The van der Waals surface area contributed by atoms with Gasteiger partial charge >= 0.3 is 0 Å². The number of hydrogen-bond donors (Lipinski definition) is 1. The molecule has 0 spiro atoms. The summed E-state index contributed by atoms with van der Waals surface area (Å²) in [6.07, 6.45) is 2.84. The summed E-state index contributed by atoms with van der Waals surface area (Å²) in [5.41, 5.74) is 10.8. The highest BCUT2D eigenvalue weighted by molar-refractivity contribution is 5.79. The molecule has 4 rings (SSSR count). The SMILES string of the molecule is NC(c1ccc2c(c1)CCO2)c1cnc2ccccc2c1. The number of rotatable bonds is 2. The van der Waals surface area contributed by atoms with Gasteiger partial charge in [-0.05, 0) is 34.9 Å². The van der Waals surface area contributed by atoms with Gasteiger partial charge in [0.2, 0.25) is 0 Å². The Bertz CT molecular complexity index is 813. The number of nitrogens with two attached hydrogens (primary N) is 1. The van der Waals surface area contributed by atoms with E-state index in [1.165, 1.54) is 5.56 Å². The summed E-state index contributed by atoms with van der Waals surface area (Å²) in [7, 11) is 0. The lowest BCUT2D eigenvalue weighted by Gasteiger charge is -2.14. The lowest BCUT2D eigenvalue weighted by atomic mass is 9.97. The molecular formula is C18H16N2O. The van der Waals surface area contributed by atoms with Crippen LogP contribution in [-0.2, 0) is 6.42 Å². The molecule has 0 fully saturated rings. The lowest BCUT2D eigenvalue weighted by molar-refractivity contribution is 0.357. The maximum absolute atomic E-state index is 6.42. The summed E-state index contributed by atoms with van der Waals surface area (Å²) in [6.45, 7) is 0.769. The average molecular weight is 276 g/mol. The summed E-state index contributed by atoms with van der Waals surface area (Å²) in [5.74, 6) is 0.989. The van der Waals surface area contributed by atoms with Gasteiger partial charge in [-0.15, -0.1) is 0 Å². The Morgan fingerprint density at radius 3 is 2.90 bits per heavy atom. The molecule has 0 aliphatic carbocycles. The average Bonchev–Trinajstić information content (AvgIpc) is 3.01. The Morgan fingerprint density at radius 1 is 1.05 bits per heavy atom. The van der Waals surface area contributed by atoms with E-state index in [0.29, 0.717) is 0 Å². The zero-order valence-corrected chi connectivity index (χ0v) is 11.6. The van der Waals surface area contributed by atoms with E-state index in [2.05, 4.69) is 23.2 Å². The fraction of sp³-hybridized carbons (Fsp3) is 0.167. The van der Waals surface area contributed by atoms with Crippen LogP contribution in [0.1, 0.15) is 22.7 Å². The van der Waals surface area contributed by atoms with E-state index in [1.54, 1.807) is 0 Å². The Kier molecular flexibility index (Phi) is 2.86. The molecule has 3 heteroatoms. The molecule has 2 aromatic carbocycles. The zero-order chi connectivity index (χ0) is 14.2. The molecule has 1 atom stereocenters. The first-order valence-electron chi connectivity index (χ1n) is 7.17. The summed E-state index contributed by atoms with van der Waals surface area (Å²) < 4.78 is 5.54. The van der Waals surface area contributed by atoms with Gasteiger partial charge < -0.3 is 10.5 Å². The number of ether oxygens (including phenoxy) is 1. The molecule has 1 aliphatic heterocycles. The van der Waals surface area contributed by atoms with E-state index in [-0.39, 0.29) is 6.04 Å². The highest BCUT2D eigenvalue weighted by Gasteiger charge is 2.16. The minimum atomic E-state index is -0.159. The Morgan fingerprint density at radius 2 is 1.95 bits per heavy atom. The quantitative estimate of drug-likeness (QED) is 0.781. The molecule has 0 radical (unpaired) electrons. The molecular weight excluding hydrogens is 260 g/mol. The second kappa shape index (κ2) is 4.86. The van der Waals surface area contributed by atoms with E-state index < -0.39 is 0 Å². The maximum atomic E-state index is 6.42. The highest BCUT2D eigenvalue weighted by Crippen LogP contribution is 2.30. The molecule has 104 valence electrons. The Balaban J connectivity index is 1.73. The van der Waals surface area contributed by atoms with Gasteiger partial charge in [-0.1, -0.05) is 30.3 Å². The van der Waals surface area contributed by atoms with Gasteiger partial charge in [0, 0.05) is 18.0 Å². The first-order valence-corrected chi connectivity index (χ1v) is 7.17. The molecule has 21 heavy (non-hydrogen) atoms.